The van der Waals surface area contributed by atoms with Crippen molar-refractivity contribution in [3.8, 4) is 0 Å². The molecule has 0 fully saturated rings. The minimum atomic E-state index is -6.60. The van der Waals surface area contributed by atoms with Crippen molar-refractivity contribution in [3.05, 3.63) is 24.8 Å². The van der Waals surface area contributed by atoms with Crippen molar-refractivity contribution in [1.82, 2.24) is 13.7 Å². The number of nitrogens with zero attached hydrogens (tertiary/aromatic N) is 2. The van der Waals surface area contributed by atoms with Gasteiger partial charge >= 0.3 is 31.1 Å². The van der Waals surface area contributed by atoms with Crippen molar-refractivity contribution in [2.75, 3.05) is 0 Å². The van der Waals surface area contributed by atoms with Gasteiger partial charge in [0.2, 0.25) is 0 Å². The number of nitrogens with one attached hydrogen (secondary N) is 1. The molecule has 0 aliphatic carbocycles. The van der Waals surface area contributed by atoms with Gasteiger partial charge in [-0.15, -0.1) is 0 Å². The maximum Gasteiger partial charge on any atom is 0.512 e. The van der Waals surface area contributed by atoms with E-state index in [-0.39, 0.29) is 0 Å². The van der Waals surface area contributed by atoms with Crippen LogP contribution in [-0.2, 0) is 26.6 Å². The lowest BCUT2D eigenvalue weighted by Gasteiger charge is -2.11. The first kappa shape index (κ1) is 32.4. The zero-order chi connectivity index (χ0) is 26.5. The maximum absolute atomic E-state index is 11.5. The second-order valence-electron chi connectivity index (χ2n) is 7.35. The maximum atomic E-state index is 11.5. The summed E-state index contributed by atoms with van der Waals surface area (Å²) in [6, 6.07) is 0. The van der Waals surface area contributed by atoms with E-state index in [0.29, 0.717) is 0 Å². The average molecular weight is 544 g/mol. The molecule has 7 nitrogen and oxygen atoms in total. The van der Waals surface area contributed by atoms with Gasteiger partial charge in [-0.3, -0.25) is 0 Å². The second kappa shape index (κ2) is 14.7. The Labute approximate surface area is 196 Å². The summed E-state index contributed by atoms with van der Waals surface area (Å²) in [6.45, 7) is 7.14. The van der Waals surface area contributed by atoms with Crippen LogP contribution in [-0.4, -0.2) is 37.4 Å². The van der Waals surface area contributed by atoms with Crippen LogP contribution in [0.1, 0.15) is 77.0 Å². The largest absolute Gasteiger partial charge is 0.512 e. The number of halogens is 6. The first-order valence-electron chi connectivity index (χ1n) is 10.6. The van der Waals surface area contributed by atoms with Gasteiger partial charge in [0.1, 0.15) is 5.82 Å². The van der Waals surface area contributed by atoms with E-state index in [1.807, 2.05) is 18.5 Å². The van der Waals surface area contributed by atoms with Crippen molar-refractivity contribution in [1.29, 1.82) is 0 Å². The number of aromatic nitrogens is 2. The highest BCUT2D eigenvalue weighted by Crippen LogP contribution is 2.27. The third-order valence-electron chi connectivity index (χ3n) is 4.51. The lowest BCUT2D eigenvalue weighted by Crippen LogP contribution is -2.45. The Morgan fingerprint density at radius 3 is 1.65 bits per heavy atom. The fourth-order valence-electron chi connectivity index (χ4n) is 2.71. The molecule has 0 saturated heterocycles. The molecule has 1 heterocycles. The number of rotatable bonds is 14. The van der Waals surface area contributed by atoms with Crippen LogP contribution < -0.4 is 4.13 Å². The van der Waals surface area contributed by atoms with Gasteiger partial charge in [0.15, 0.2) is 0 Å². The summed E-state index contributed by atoms with van der Waals surface area (Å²) >= 11 is 0. The molecule has 0 aliphatic rings. The molecule has 0 saturated carbocycles. The summed E-state index contributed by atoms with van der Waals surface area (Å²) in [5.74, 6) is 0.996. The van der Waals surface area contributed by atoms with E-state index >= 15 is 0 Å². The summed E-state index contributed by atoms with van der Waals surface area (Å²) in [4.78, 5) is 4.24. The highest BCUT2D eigenvalue weighted by molar-refractivity contribution is 8.05. The Morgan fingerprint density at radius 2 is 1.26 bits per heavy atom. The Hall–Kier alpha value is -1.61. The summed E-state index contributed by atoms with van der Waals surface area (Å²) in [6.07, 6.45) is 19.6. The number of unbranched alkanes of at least 4 members (excludes halogenated alkanes) is 9. The fourth-order valence-corrected chi connectivity index (χ4v) is 4.62. The van der Waals surface area contributed by atoms with Gasteiger partial charge in [0, 0.05) is 18.9 Å². The van der Waals surface area contributed by atoms with Crippen molar-refractivity contribution >= 4 is 26.1 Å². The monoisotopic (exact) mass is 543 g/mol. The molecule has 34 heavy (non-hydrogen) atoms. The molecule has 0 amide bonds. The molecule has 0 unspecified atom stereocenters. The quantitative estimate of drug-likeness (QED) is 0.239. The Morgan fingerprint density at radius 1 is 0.853 bits per heavy atom. The summed E-state index contributed by atoms with van der Waals surface area (Å²) < 4.78 is 111. The topological polar surface area (TPSA) is 98.1 Å². The van der Waals surface area contributed by atoms with Crippen molar-refractivity contribution in [2.24, 2.45) is 0 Å². The van der Waals surface area contributed by atoms with Gasteiger partial charge in [-0.2, -0.15) is 26.3 Å². The second-order valence-corrected chi connectivity index (χ2v) is 11.0. The Kier molecular flexibility index (Phi) is 14.0. The third-order valence-corrected chi connectivity index (χ3v) is 7.49. The molecule has 1 N–H and O–H groups in total. The van der Waals surface area contributed by atoms with E-state index in [1.165, 1.54) is 64.2 Å². The zero-order valence-electron chi connectivity index (χ0n) is 18.8. The first-order valence-corrected chi connectivity index (χ1v) is 13.6. The zero-order valence-corrected chi connectivity index (χ0v) is 20.5. The molecule has 200 valence electrons. The highest BCUT2D eigenvalue weighted by atomic mass is 32.3. The number of aryl methyl sites for hydroxylation is 1. The molecule has 0 spiro atoms. The minimum Gasteiger partial charge on any atom is -0.332 e. The van der Waals surface area contributed by atoms with Crippen molar-refractivity contribution in [2.45, 2.75) is 88.7 Å². The van der Waals surface area contributed by atoms with E-state index in [1.54, 1.807) is 0 Å². The molecule has 15 heteroatoms. The van der Waals surface area contributed by atoms with Crippen LogP contribution in [0.5, 0.6) is 0 Å². The van der Waals surface area contributed by atoms with Gasteiger partial charge in [0.05, 0.1) is 0 Å². The molecule has 0 radical (unpaired) electrons. The van der Waals surface area contributed by atoms with Crippen LogP contribution >= 0.6 is 0 Å². The van der Waals surface area contributed by atoms with Crippen molar-refractivity contribution < 1.29 is 43.2 Å². The Balaban J connectivity index is 0.000000661. The molecule has 1 aromatic heterocycles. The van der Waals surface area contributed by atoms with Gasteiger partial charge in [0.25, 0.3) is 0 Å². The lowest BCUT2D eigenvalue weighted by atomic mass is 10.1. The van der Waals surface area contributed by atoms with Crippen molar-refractivity contribution in [3.63, 3.8) is 0 Å². The van der Waals surface area contributed by atoms with Crippen LogP contribution in [0.3, 0.4) is 0 Å². The van der Waals surface area contributed by atoms with Gasteiger partial charge in [-0.25, -0.2) is 21.8 Å². The standard InChI is InChI=1S/C17H30N2.C2HF6NO4S2/c1-3-5-6-7-8-9-10-11-12-13-15-19-16-14-18-17(19)4-2;3-1(4,5)14(10,11)9-15(12,13)2(6,7)8/h4,14,16H,2-3,5-13,15H2,1H3;9H. The molecule has 0 bridgehead atoms. The number of hydrogen-bond acceptors (Lipinski definition) is 5. The predicted molar refractivity (Wildman–Crippen MR) is 117 cm³/mol. The van der Waals surface area contributed by atoms with E-state index in [0.717, 1.165) is 12.4 Å². The number of hydrogen-bond donors (Lipinski definition) is 1. The van der Waals surface area contributed by atoms with E-state index in [2.05, 4.69) is 23.1 Å². The predicted octanol–water partition coefficient (Wildman–Crippen LogP) is 5.72. The summed E-state index contributed by atoms with van der Waals surface area (Å²) in [5, 5.41) is 0. The SMILES string of the molecule is C=Cc1nccn1CCCCCCCCCCCC.O=S(=O)(NS(=O)(=O)C(F)(F)F)C(F)(F)F. The van der Waals surface area contributed by atoms with E-state index in [9.17, 15) is 43.2 Å². The van der Waals surface area contributed by atoms with E-state index < -0.39 is 35.2 Å². The molecule has 1 aromatic rings. The molecule has 0 atom stereocenters. The van der Waals surface area contributed by atoms with Crippen LogP contribution in [0.2, 0.25) is 0 Å². The first-order chi connectivity index (χ1) is 15.6. The number of alkyl halides is 6. The smallest absolute Gasteiger partial charge is 0.332 e. The summed E-state index contributed by atoms with van der Waals surface area (Å²) in [7, 11) is -13.2. The van der Waals surface area contributed by atoms with Gasteiger partial charge in [-0.1, -0.05) is 75.4 Å². The molecule has 0 aromatic carbocycles. The van der Waals surface area contributed by atoms with Crippen LogP contribution in [0.15, 0.2) is 19.0 Å². The number of imidazole rings is 1. The summed E-state index contributed by atoms with van der Waals surface area (Å²) in [5.41, 5.74) is -12.3. The third kappa shape index (κ3) is 12.2. The average Bonchev–Trinajstić information content (AvgIpc) is 3.15. The highest BCUT2D eigenvalue weighted by Gasteiger charge is 2.55. The molecule has 0 aliphatic heterocycles. The molecular formula is C19H31F6N3O4S2. The minimum absolute atomic E-state index is 0.493. The van der Waals surface area contributed by atoms with E-state index in [4.69, 9.17) is 0 Å². The van der Waals surface area contributed by atoms with Crippen LogP contribution in [0.4, 0.5) is 26.3 Å². The molecule has 1 rings (SSSR count). The molecular weight excluding hydrogens is 512 g/mol. The Bertz CT molecular complexity index is 885. The lowest BCUT2D eigenvalue weighted by molar-refractivity contribution is -0.0476. The van der Waals surface area contributed by atoms with Gasteiger partial charge < -0.3 is 4.57 Å². The normalized spacial score (nSPS) is 12.8. The van der Waals surface area contributed by atoms with Crippen LogP contribution in [0.25, 0.3) is 6.08 Å². The fraction of sp³-hybridized carbons (Fsp3) is 0.737. The van der Waals surface area contributed by atoms with Crippen LogP contribution in [0, 0.1) is 0 Å². The number of sulfonamides is 2. The van der Waals surface area contributed by atoms with Gasteiger partial charge in [-0.05, 0) is 12.5 Å².